The first-order valence-electron chi connectivity index (χ1n) is 9.88. The number of rotatable bonds is 6. The van der Waals surface area contributed by atoms with Gasteiger partial charge in [-0.3, -0.25) is 9.59 Å². The van der Waals surface area contributed by atoms with Crippen molar-refractivity contribution in [2.75, 3.05) is 23.9 Å². The van der Waals surface area contributed by atoms with E-state index in [1.807, 2.05) is 0 Å². The minimum absolute atomic E-state index is 0.111. The van der Waals surface area contributed by atoms with E-state index in [-0.39, 0.29) is 29.7 Å². The molecule has 1 heterocycles. The van der Waals surface area contributed by atoms with E-state index in [2.05, 4.69) is 10.0 Å². The van der Waals surface area contributed by atoms with Gasteiger partial charge in [-0.1, -0.05) is 0 Å². The van der Waals surface area contributed by atoms with Crippen molar-refractivity contribution in [1.29, 1.82) is 0 Å². The molecule has 2 N–H and O–H groups in total. The summed E-state index contributed by atoms with van der Waals surface area (Å²) in [6.45, 7) is 5.56. The zero-order valence-corrected chi connectivity index (χ0v) is 18.8. The summed E-state index contributed by atoms with van der Waals surface area (Å²) < 4.78 is 32.5. The molecule has 166 valence electrons. The summed E-state index contributed by atoms with van der Waals surface area (Å²) >= 11 is 0. The van der Waals surface area contributed by atoms with E-state index in [0.717, 1.165) is 0 Å². The Morgan fingerprint density at radius 2 is 1.68 bits per heavy atom. The van der Waals surface area contributed by atoms with E-state index in [1.54, 1.807) is 57.0 Å². The van der Waals surface area contributed by atoms with E-state index in [1.165, 1.54) is 24.3 Å². The van der Waals surface area contributed by atoms with Crippen LogP contribution in [-0.4, -0.2) is 39.4 Å². The number of methoxy groups -OCH3 is 1. The van der Waals surface area contributed by atoms with Gasteiger partial charge in [0.15, 0.2) is 0 Å². The van der Waals surface area contributed by atoms with Gasteiger partial charge in [0.2, 0.25) is 21.8 Å². The summed E-state index contributed by atoms with van der Waals surface area (Å²) in [5, 5.41) is 2.77. The van der Waals surface area contributed by atoms with Crippen LogP contribution in [0, 0.1) is 5.92 Å². The normalized spacial score (nSPS) is 17.0. The van der Waals surface area contributed by atoms with Crippen molar-refractivity contribution >= 4 is 33.2 Å². The van der Waals surface area contributed by atoms with Crippen molar-refractivity contribution in [3.63, 3.8) is 0 Å². The maximum absolute atomic E-state index is 12.7. The van der Waals surface area contributed by atoms with Gasteiger partial charge in [0.25, 0.3) is 0 Å². The number of nitrogens with one attached hydrogen (secondary N) is 2. The number of hydrogen-bond donors (Lipinski definition) is 2. The third kappa shape index (κ3) is 5.62. The highest BCUT2D eigenvalue weighted by Crippen LogP contribution is 2.27. The Morgan fingerprint density at radius 1 is 1.06 bits per heavy atom. The summed E-state index contributed by atoms with van der Waals surface area (Å²) in [6.07, 6.45) is 0.111. The van der Waals surface area contributed by atoms with Gasteiger partial charge in [0.1, 0.15) is 5.75 Å². The molecule has 1 aliphatic heterocycles. The van der Waals surface area contributed by atoms with Crippen molar-refractivity contribution in [3.05, 3.63) is 48.5 Å². The van der Waals surface area contributed by atoms with Gasteiger partial charge in [-0.05, 0) is 69.3 Å². The first-order valence-corrected chi connectivity index (χ1v) is 11.4. The lowest BCUT2D eigenvalue weighted by Crippen LogP contribution is -2.40. The van der Waals surface area contributed by atoms with Crippen LogP contribution in [0.15, 0.2) is 53.4 Å². The molecule has 3 rings (SSSR count). The van der Waals surface area contributed by atoms with Crippen LogP contribution >= 0.6 is 0 Å². The lowest BCUT2D eigenvalue weighted by atomic mass is 10.1. The highest BCUT2D eigenvalue weighted by atomic mass is 32.2. The van der Waals surface area contributed by atoms with Crippen LogP contribution in [0.5, 0.6) is 5.75 Å². The number of carbonyl (C=O) groups excluding carboxylic acids is 2. The average Bonchev–Trinajstić information content (AvgIpc) is 3.08. The molecule has 0 radical (unpaired) electrons. The number of hydrogen-bond acceptors (Lipinski definition) is 5. The summed E-state index contributed by atoms with van der Waals surface area (Å²) in [5.74, 6) is -0.221. The molecule has 0 aliphatic carbocycles. The monoisotopic (exact) mass is 445 g/mol. The number of sulfonamides is 1. The Hall–Kier alpha value is -2.91. The van der Waals surface area contributed by atoms with Crippen LogP contribution in [-0.2, 0) is 19.6 Å². The van der Waals surface area contributed by atoms with E-state index >= 15 is 0 Å². The molecule has 2 aromatic carbocycles. The summed E-state index contributed by atoms with van der Waals surface area (Å²) in [6, 6.07) is 13.0. The molecule has 8 nitrogen and oxygen atoms in total. The number of benzene rings is 2. The quantitative estimate of drug-likeness (QED) is 0.711. The molecule has 2 amide bonds. The van der Waals surface area contributed by atoms with Crippen LogP contribution in [0.25, 0.3) is 0 Å². The fourth-order valence-electron chi connectivity index (χ4n) is 3.32. The van der Waals surface area contributed by atoms with Crippen LogP contribution in [0.1, 0.15) is 27.2 Å². The predicted molar refractivity (Wildman–Crippen MR) is 119 cm³/mol. The van der Waals surface area contributed by atoms with Gasteiger partial charge in [0.05, 0.1) is 17.9 Å². The Bertz CT molecular complexity index is 1060. The van der Waals surface area contributed by atoms with Gasteiger partial charge in [-0.15, -0.1) is 0 Å². The molecule has 0 bridgehead atoms. The van der Waals surface area contributed by atoms with Crippen molar-refractivity contribution < 1.29 is 22.7 Å². The van der Waals surface area contributed by atoms with Crippen molar-refractivity contribution in [1.82, 2.24) is 4.72 Å². The minimum Gasteiger partial charge on any atom is -0.497 e. The molecule has 1 fully saturated rings. The molecule has 0 aromatic heterocycles. The molecular formula is C22H27N3O5S. The van der Waals surface area contributed by atoms with Crippen LogP contribution in [0.4, 0.5) is 11.4 Å². The standard InChI is InChI=1S/C22H27N3O5S/c1-22(2,3)24-31(28,29)19-11-5-16(6-12-19)23-21(27)15-13-20(26)25(14-15)17-7-9-18(30-4)10-8-17/h5-12,15,24H,13-14H2,1-4H3,(H,23,27). The van der Waals surface area contributed by atoms with Crippen LogP contribution < -0.4 is 19.7 Å². The Kier molecular flexibility index (Phi) is 6.38. The van der Waals surface area contributed by atoms with Crippen LogP contribution in [0.2, 0.25) is 0 Å². The van der Waals surface area contributed by atoms with E-state index in [9.17, 15) is 18.0 Å². The van der Waals surface area contributed by atoms with Gasteiger partial charge in [-0.2, -0.15) is 0 Å². The Balaban J connectivity index is 1.64. The molecule has 31 heavy (non-hydrogen) atoms. The van der Waals surface area contributed by atoms with E-state index in [4.69, 9.17) is 4.74 Å². The van der Waals surface area contributed by atoms with E-state index in [0.29, 0.717) is 17.1 Å². The number of amides is 2. The predicted octanol–water partition coefficient (Wildman–Crippen LogP) is 2.76. The fraction of sp³-hybridized carbons (Fsp3) is 0.364. The highest BCUT2D eigenvalue weighted by Gasteiger charge is 2.35. The van der Waals surface area contributed by atoms with Gasteiger partial charge >= 0.3 is 0 Å². The summed E-state index contributed by atoms with van der Waals surface area (Å²) in [5.41, 5.74) is 0.577. The third-order valence-corrected chi connectivity index (χ3v) is 6.53. The minimum atomic E-state index is -3.65. The molecule has 1 atom stereocenters. The molecule has 1 unspecified atom stereocenters. The SMILES string of the molecule is COc1ccc(N2CC(C(=O)Nc3ccc(S(=O)(=O)NC(C)(C)C)cc3)CC2=O)cc1. The van der Waals surface area contributed by atoms with E-state index < -0.39 is 21.5 Å². The maximum Gasteiger partial charge on any atom is 0.241 e. The lowest BCUT2D eigenvalue weighted by Gasteiger charge is -2.20. The second-order valence-corrected chi connectivity index (χ2v) is 10.2. The van der Waals surface area contributed by atoms with Crippen molar-refractivity contribution in [2.45, 2.75) is 37.6 Å². The molecule has 1 saturated heterocycles. The largest absolute Gasteiger partial charge is 0.497 e. The average molecular weight is 446 g/mol. The number of carbonyl (C=O) groups is 2. The van der Waals surface area contributed by atoms with Gasteiger partial charge in [0, 0.05) is 29.9 Å². The number of nitrogens with zero attached hydrogens (tertiary/aromatic N) is 1. The zero-order chi connectivity index (χ0) is 22.8. The fourth-order valence-corrected chi connectivity index (χ4v) is 4.74. The summed E-state index contributed by atoms with van der Waals surface area (Å²) in [4.78, 5) is 26.8. The second kappa shape index (κ2) is 8.68. The first-order chi connectivity index (χ1) is 14.5. The van der Waals surface area contributed by atoms with Gasteiger partial charge < -0.3 is 15.0 Å². The number of ether oxygens (including phenoxy) is 1. The molecule has 9 heteroatoms. The third-order valence-electron chi connectivity index (χ3n) is 4.75. The van der Waals surface area contributed by atoms with Crippen molar-refractivity contribution in [3.8, 4) is 5.75 Å². The number of anilines is 2. The topological polar surface area (TPSA) is 105 Å². The first kappa shape index (κ1) is 22.8. The molecule has 0 saturated carbocycles. The summed E-state index contributed by atoms with van der Waals surface area (Å²) in [7, 11) is -2.08. The van der Waals surface area contributed by atoms with Crippen LogP contribution in [0.3, 0.4) is 0 Å². The second-order valence-electron chi connectivity index (χ2n) is 8.47. The highest BCUT2D eigenvalue weighted by molar-refractivity contribution is 7.89. The Labute approximate surface area is 182 Å². The molecular weight excluding hydrogens is 418 g/mol. The maximum atomic E-state index is 12.7. The smallest absolute Gasteiger partial charge is 0.241 e. The van der Waals surface area contributed by atoms with Gasteiger partial charge in [-0.25, -0.2) is 13.1 Å². The molecule has 2 aromatic rings. The molecule has 0 spiro atoms. The lowest BCUT2D eigenvalue weighted by molar-refractivity contribution is -0.122. The Morgan fingerprint density at radius 3 is 2.23 bits per heavy atom. The molecule has 1 aliphatic rings. The van der Waals surface area contributed by atoms with Crippen molar-refractivity contribution in [2.24, 2.45) is 5.92 Å². The zero-order valence-electron chi connectivity index (χ0n) is 18.0.